The van der Waals surface area contributed by atoms with Gasteiger partial charge in [0, 0.05) is 58.1 Å². The summed E-state index contributed by atoms with van der Waals surface area (Å²) in [7, 11) is 0. The smallest absolute Gasteiger partial charge is 0.164 e. The minimum atomic E-state index is 0.629. The predicted molar refractivity (Wildman–Crippen MR) is 234 cm³/mol. The van der Waals surface area contributed by atoms with Gasteiger partial charge in [-0.15, -0.1) is 22.7 Å². The molecule has 11 rings (SSSR count). The molecule has 0 radical (unpaired) electrons. The number of hydrogen-bond donors (Lipinski definition) is 0. The molecule has 0 bridgehead atoms. The second kappa shape index (κ2) is 13.4. The van der Waals surface area contributed by atoms with E-state index in [4.69, 9.17) is 24.9 Å². The van der Waals surface area contributed by atoms with E-state index in [1.54, 1.807) is 22.7 Å². The van der Waals surface area contributed by atoms with Crippen LogP contribution in [0.3, 0.4) is 0 Å². The number of hydrogen-bond acceptors (Lipinski definition) is 7. The molecule has 0 aliphatic carbocycles. The van der Waals surface area contributed by atoms with E-state index in [1.165, 1.54) is 9.40 Å². The molecule has 0 amide bonds. The molecule has 4 aromatic heterocycles. The summed E-state index contributed by atoms with van der Waals surface area (Å²) in [5.74, 6) is 2.62. The third-order valence-electron chi connectivity index (χ3n) is 10.2. The van der Waals surface area contributed by atoms with Crippen LogP contribution in [0.4, 0.5) is 0 Å². The summed E-state index contributed by atoms with van der Waals surface area (Å²) in [6.07, 6.45) is 0. The molecule has 0 fully saturated rings. The lowest BCUT2D eigenvalue weighted by Crippen LogP contribution is -2.00. The highest BCUT2D eigenvalue weighted by atomic mass is 32.1. The summed E-state index contributed by atoms with van der Waals surface area (Å²) in [4.78, 5) is 25.8. The fraction of sp³-hybridized carbons (Fsp3) is 0. The summed E-state index contributed by atoms with van der Waals surface area (Å²) in [5, 5.41) is 3.45. The van der Waals surface area contributed by atoms with Crippen molar-refractivity contribution in [1.29, 1.82) is 0 Å². The average molecular weight is 752 g/mol. The molecule has 0 aliphatic heterocycles. The molecule has 7 heteroatoms. The van der Waals surface area contributed by atoms with Crippen molar-refractivity contribution in [2.75, 3.05) is 0 Å². The van der Waals surface area contributed by atoms with Crippen LogP contribution in [-0.2, 0) is 0 Å². The molecule has 11 aromatic rings. The molecule has 0 saturated heterocycles. The van der Waals surface area contributed by atoms with Gasteiger partial charge in [-0.3, -0.25) is 0 Å². The van der Waals surface area contributed by atoms with Gasteiger partial charge in [-0.25, -0.2) is 24.9 Å². The first-order valence-corrected chi connectivity index (χ1v) is 20.0. The molecule has 7 aromatic carbocycles. The fourth-order valence-corrected chi connectivity index (χ4v) is 9.80. The zero-order valence-corrected chi connectivity index (χ0v) is 31.4. The monoisotopic (exact) mass is 751 g/mol. The molecular weight excluding hydrogens is 723 g/mol. The van der Waals surface area contributed by atoms with Gasteiger partial charge in [0.1, 0.15) is 0 Å². The summed E-state index contributed by atoms with van der Waals surface area (Å²) in [5.41, 5.74) is 9.11. The summed E-state index contributed by atoms with van der Waals surface area (Å²) >= 11 is 3.52. The van der Waals surface area contributed by atoms with Gasteiger partial charge in [-0.2, -0.15) is 0 Å². The molecule has 262 valence electrons. The Morgan fingerprint density at radius 3 is 1.68 bits per heavy atom. The van der Waals surface area contributed by atoms with Crippen LogP contribution >= 0.6 is 22.7 Å². The summed E-state index contributed by atoms with van der Waals surface area (Å²) in [6.45, 7) is 0. The number of fused-ring (bicyclic) bond motifs is 6. The van der Waals surface area contributed by atoms with Crippen LogP contribution in [0.25, 0.3) is 108 Å². The Kier molecular flexibility index (Phi) is 7.79. The van der Waals surface area contributed by atoms with Crippen LogP contribution in [-0.4, -0.2) is 24.9 Å². The molecule has 0 saturated carbocycles. The normalized spacial score (nSPS) is 11.6. The highest BCUT2D eigenvalue weighted by Gasteiger charge is 2.20. The first-order valence-electron chi connectivity index (χ1n) is 18.4. The van der Waals surface area contributed by atoms with Gasteiger partial charge >= 0.3 is 0 Å². The van der Waals surface area contributed by atoms with Crippen LogP contribution in [0.2, 0.25) is 0 Å². The van der Waals surface area contributed by atoms with E-state index in [9.17, 15) is 0 Å². The van der Waals surface area contributed by atoms with E-state index in [0.29, 0.717) is 17.5 Å². The van der Waals surface area contributed by atoms with Crippen molar-refractivity contribution in [3.8, 4) is 67.9 Å². The Bertz CT molecular complexity index is 3250. The number of benzene rings is 7. The Morgan fingerprint density at radius 2 is 0.911 bits per heavy atom. The molecule has 0 aliphatic rings. The number of nitrogens with zero attached hydrogens (tertiary/aromatic N) is 5. The quantitative estimate of drug-likeness (QED) is 0.169. The van der Waals surface area contributed by atoms with Crippen LogP contribution in [0, 0.1) is 0 Å². The molecule has 0 unspecified atom stereocenters. The van der Waals surface area contributed by atoms with Crippen LogP contribution in [0.5, 0.6) is 0 Å². The lowest BCUT2D eigenvalue weighted by atomic mass is 10.0. The Morgan fingerprint density at radius 1 is 0.321 bits per heavy atom. The number of aromatic nitrogens is 5. The van der Waals surface area contributed by atoms with E-state index in [0.717, 1.165) is 81.5 Å². The van der Waals surface area contributed by atoms with Crippen molar-refractivity contribution in [3.63, 3.8) is 0 Å². The zero-order chi connectivity index (χ0) is 37.0. The first-order chi connectivity index (χ1) is 27.7. The predicted octanol–water partition coefficient (Wildman–Crippen LogP) is 13.4. The maximum absolute atomic E-state index is 5.32. The first kappa shape index (κ1) is 32.5. The van der Waals surface area contributed by atoms with E-state index >= 15 is 0 Å². The summed E-state index contributed by atoms with van der Waals surface area (Å²) in [6, 6.07) is 60.9. The zero-order valence-electron chi connectivity index (χ0n) is 29.8. The Labute approximate surface area is 330 Å². The van der Waals surface area contributed by atoms with E-state index in [1.807, 2.05) is 42.5 Å². The minimum absolute atomic E-state index is 0.629. The van der Waals surface area contributed by atoms with Crippen molar-refractivity contribution in [3.05, 3.63) is 176 Å². The van der Waals surface area contributed by atoms with Gasteiger partial charge in [-0.05, 0) is 35.4 Å². The highest BCUT2D eigenvalue weighted by molar-refractivity contribution is 7.26. The molecule has 0 atom stereocenters. The van der Waals surface area contributed by atoms with Gasteiger partial charge in [0.15, 0.2) is 23.3 Å². The van der Waals surface area contributed by atoms with Gasteiger partial charge in [0.05, 0.1) is 15.9 Å². The molecule has 5 nitrogen and oxygen atoms in total. The number of rotatable bonds is 6. The Balaban J connectivity index is 1.07. The lowest BCUT2D eigenvalue weighted by molar-refractivity contribution is 1.07. The average Bonchev–Trinajstić information content (AvgIpc) is 3.85. The fourth-order valence-electron chi connectivity index (χ4n) is 7.47. The molecule has 4 heterocycles. The maximum Gasteiger partial charge on any atom is 0.164 e. The molecule has 56 heavy (non-hydrogen) atoms. The largest absolute Gasteiger partial charge is 0.226 e. The third kappa shape index (κ3) is 5.64. The highest BCUT2D eigenvalue weighted by Crippen LogP contribution is 2.44. The van der Waals surface area contributed by atoms with Gasteiger partial charge < -0.3 is 0 Å². The van der Waals surface area contributed by atoms with Crippen LogP contribution < -0.4 is 0 Å². The maximum atomic E-state index is 5.32. The van der Waals surface area contributed by atoms with Gasteiger partial charge in [0.25, 0.3) is 0 Å². The van der Waals surface area contributed by atoms with Crippen molar-refractivity contribution in [2.24, 2.45) is 0 Å². The van der Waals surface area contributed by atoms with E-state index in [2.05, 4.69) is 133 Å². The topological polar surface area (TPSA) is 64.5 Å². The SMILES string of the molecule is c1ccc(-c2cccc(-c3nc(-c4ccccc4)nc(-c4ccc5c(c4)sc4cccc(-c6nc(-c7ccccc7)c7sc8ccccc8c7n6)c45)n3)c2)cc1. The van der Waals surface area contributed by atoms with Crippen LogP contribution in [0.15, 0.2) is 176 Å². The van der Waals surface area contributed by atoms with Crippen molar-refractivity contribution >= 4 is 63.1 Å². The third-order valence-corrected chi connectivity index (χ3v) is 12.4. The van der Waals surface area contributed by atoms with Crippen molar-refractivity contribution < 1.29 is 0 Å². The molecule has 0 N–H and O–H groups in total. The number of thiophene rings is 2. The van der Waals surface area contributed by atoms with Crippen LogP contribution in [0.1, 0.15) is 0 Å². The van der Waals surface area contributed by atoms with E-state index < -0.39 is 0 Å². The molecule has 0 spiro atoms. The second-order valence-electron chi connectivity index (χ2n) is 13.6. The minimum Gasteiger partial charge on any atom is -0.226 e. The second-order valence-corrected chi connectivity index (χ2v) is 15.8. The Hall–Kier alpha value is -6.93. The van der Waals surface area contributed by atoms with Gasteiger partial charge in [0.2, 0.25) is 0 Å². The lowest BCUT2D eigenvalue weighted by Gasteiger charge is -2.10. The van der Waals surface area contributed by atoms with E-state index in [-0.39, 0.29) is 0 Å². The standard InChI is InChI=1S/C49H29N5S2/c1-4-14-30(15-5-1)33-20-12-21-34(28-33)47-52-46(32-18-8-3-9-19-32)53-48(54-47)35-26-27-36-41(29-35)55-40-25-13-23-38(42(36)40)49-50-43(31-16-6-2-7-17-31)45-44(51-49)37-22-10-11-24-39(37)56-45/h1-29H. The summed E-state index contributed by atoms with van der Waals surface area (Å²) < 4.78 is 4.63. The van der Waals surface area contributed by atoms with Gasteiger partial charge in [-0.1, -0.05) is 152 Å². The van der Waals surface area contributed by atoms with Crippen molar-refractivity contribution in [2.45, 2.75) is 0 Å². The van der Waals surface area contributed by atoms with Crippen molar-refractivity contribution in [1.82, 2.24) is 24.9 Å². The molecular formula is C49H29N5S2.